The van der Waals surface area contributed by atoms with Crippen molar-refractivity contribution in [3.63, 3.8) is 0 Å². The predicted octanol–water partition coefficient (Wildman–Crippen LogP) is 2.96. The van der Waals surface area contributed by atoms with Crippen molar-refractivity contribution in [2.24, 2.45) is 5.41 Å². The second-order valence-electron chi connectivity index (χ2n) is 5.00. The molecule has 0 radical (unpaired) electrons. The highest BCUT2D eigenvalue weighted by Gasteiger charge is 2.44. The fourth-order valence-electron chi connectivity index (χ4n) is 1.72. The van der Waals surface area contributed by atoms with E-state index in [-0.39, 0.29) is 23.7 Å². The maximum absolute atomic E-state index is 11.9. The molecular formula is C14H21ClN2O. The third-order valence-electron chi connectivity index (χ3n) is 3.31. The molecule has 2 N–H and O–H groups in total. The molecule has 18 heavy (non-hydrogen) atoms. The Morgan fingerprint density at radius 1 is 1.39 bits per heavy atom. The number of rotatable bonds is 5. The summed E-state index contributed by atoms with van der Waals surface area (Å²) in [5.74, 6) is 0.151. The van der Waals surface area contributed by atoms with E-state index in [9.17, 15) is 4.79 Å². The van der Waals surface area contributed by atoms with Crippen LogP contribution in [0, 0.1) is 5.41 Å². The van der Waals surface area contributed by atoms with Crippen LogP contribution in [0.2, 0.25) is 0 Å². The molecule has 0 aliphatic heterocycles. The average molecular weight is 269 g/mol. The van der Waals surface area contributed by atoms with Gasteiger partial charge < -0.3 is 10.6 Å². The quantitative estimate of drug-likeness (QED) is 0.862. The summed E-state index contributed by atoms with van der Waals surface area (Å²) >= 11 is 0. The summed E-state index contributed by atoms with van der Waals surface area (Å²) in [5, 5.41) is 6.27. The lowest BCUT2D eigenvalue weighted by Crippen LogP contribution is -2.21. The second-order valence-corrected chi connectivity index (χ2v) is 5.00. The maximum atomic E-state index is 11.9. The van der Waals surface area contributed by atoms with E-state index in [2.05, 4.69) is 23.6 Å². The lowest BCUT2D eigenvalue weighted by Gasteiger charge is -2.11. The van der Waals surface area contributed by atoms with Crippen molar-refractivity contribution in [3.05, 3.63) is 29.8 Å². The molecule has 1 aliphatic carbocycles. The summed E-state index contributed by atoms with van der Waals surface area (Å²) < 4.78 is 0. The zero-order valence-corrected chi connectivity index (χ0v) is 11.8. The van der Waals surface area contributed by atoms with Crippen LogP contribution >= 0.6 is 12.4 Å². The minimum absolute atomic E-state index is 0. The van der Waals surface area contributed by atoms with Crippen LogP contribution in [0.25, 0.3) is 0 Å². The first-order valence-corrected chi connectivity index (χ1v) is 6.25. The normalized spacial score (nSPS) is 15.7. The van der Waals surface area contributed by atoms with Crippen LogP contribution in [-0.2, 0) is 11.3 Å². The van der Waals surface area contributed by atoms with E-state index >= 15 is 0 Å². The molecular weight excluding hydrogens is 248 g/mol. The van der Waals surface area contributed by atoms with Gasteiger partial charge in [0.2, 0.25) is 5.91 Å². The van der Waals surface area contributed by atoms with Gasteiger partial charge in [0, 0.05) is 17.6 Å². The number of hydrogen-bond acceptors (Lipinski definition) is 2. The second kappa shape index (κ2) is 6.21. The van der Waals surface area contributed by atoms with E-state index in [0.717, 1.165) is 31.6 Å². The lowest BCUT2D eigenvalue weighted by molar-refractivity contribution is -0.120. The molecule has 0 bridgehead atoms. The Bertz CT molecular complexity index is 416. The highest BCUT2D eigenvalue weighted by atomic mass is 35.5. The third kappa shape index (κ3) is 3.72. The summed E-state index contributed by atoms with van der Waals surface area (Å²) in [6.07, 6.45) is 2.02. The molecule has 4 heteroatoms. The lowest BCUT2D eigenvalue weighted by atomic mass is 10.1. The zero-order valence-electron chi connectivity index (χ0n) is 11.0. The van der Waals surface area contributed by atoms with Crippen molar-refractivity contribution >= 4 is 24.0 Å². The Labute approximate surface area is 115 Å². The third-order valence-corrected chi connectivity index (χ3v) is 3.31. The van der Waals surface area contributed by atoms with E-state index in [4.69, 9.17) is 0 Å². The van der Waals surface area contributed by atoms with E-state index in [0.29, 0.717) is 0 Å². The molecule has 0 heterocycles. The van der Waals surface area contributed by atoms with Gasteiger partial charge in [-0.05, 0) is 37.1 Å². The van der Waals surface area contributed by atoms with Gasteiger partial charge in [0.1, 0.15) is 0 Å². The van der Waals surface area contributed by atoms with E-state index < -0.39 is 0 Å². The van der Waals surface area contributed by atoms with Crippen molar-refractivity contribution in [3.8, 4) is 0 Å². The molecule has 2 rings (SSSR count). The summed E-state index contributed by atoms with van der Waals surface area (Å²) in [6.45, 7) is 5.90. The largest absolute Gasteiger partial charge is 0.326 e. The molecule has 1 saturated carbocycles. The zero-order chi connectivity index (χ0) is 12.3. The molecule has 3 nitrogen and oxygen atoms in total. The van der Waals surface area contributed by atoms with E-state index in [1.807, 2.05) is 25.1 Å². The molecule has 100 valence electrons. The molecule has 0 saturated heterocycles. The molecule has 1 fully saturated rings. The number of carbonyl (C=O) groups is 1. The first-order valence-electron chi connectivity index (χ1n) is 6.25. The standard InChI is InChI=1S/C14H20N2O.ClH/c1-3-15-10-11-5-4-6-12(9-11)16-13(17)14(2)7-8-14;/h4-6,9,15H,3,7-8,10H2,1-2H3,(H,16,17);1H. The van der Waals surface area contributed by atoms with Gasteiger partial charge in [-0.1, -0.05) is 26.0 Å². The molecule has 0 unspecified atom stereocenters. The molecule has 0 atom stereocenters. The summed E-state index contributed by atoms with van der Waals surface area (Å²) in [4.78, 5) is 11.9. The molecule has 0 spiro atoms. The molecule has 0 aromatic heterocycles. The number of halogens is 1. The van der Waals surface area contributed by atoms with Crippen molar-refractivity contribution < 1.29 is 4.79 Å². The molecule has 1 aliphatic rings. The minimum Gasteiger partial charge on any atom is -0.326 e. The molecule has 1 aromatic rings. The number of nitrogens with one attached hydrogen (secondary N) is 2. The first kappa shape index (κ1) is 15.0. The number of anilines is 1. The number of benzene rings is 1. The van der Waals surface area contributed by atoms with Crippen LogP contribution in [0.3, 0.4) is 0 Å². The van der Waals surface area contributed by atoms with Crippen molar-refractivity contribution in [2.45, 2.75) is 33.2 Å². The van der Waals surface area contributed by atoms with Crippen LogP contribution in [0.1, 0.15) is 32.3 Å². The van der Waals surface area contributed by atoms with Crippen LogP contribution in [0.5, 0.6) is 0 Å². The summed E-state index contributed by atoms with van der Waals surface area (Å²) in [7, 11) is 0. The highest BCUT2D eigenvalue weighted by molar-refractivity contribution is 5.96. The minimum atomic E-state index is -0.113. The van der Waals surface area contributed by atoms with Gasteiger partial charge in [-0.15, -0.1) is 12.4 Å². The van der Waals surface area contributed by atoms with Crippen molar-refractivity contribution in [1.29, 1.82) is 0 Å². The van der Waals surface area contributed by atoms with Crippen molar-refractivity contribution in [2.75, 3.05) is 11.9 Å². The maximum Gasteiger partial charge on any atom is 0.230 e. The average Bonchev–Trinajstić information content (AvgIpc) is 3.07. The Morgan fingerprint density at radius 3 is 2.72 bits per heavy atom. The van der Waals surface area contributed by atoms with Gasteiger partial charge in [-0.25, -0.2) is 0 Å². The van der Waals surface area contributed by atoms with Gasteiger partial charge in [0.15, 0.2) is 0 Å². The van der Waals surface area contributed by atoms with Crippen LogP contribution in [0.4, 0.5) is 5.69 Å². The van der Waals surface area contributed by atoms with Gasteiger partial charge >= 0.3 is 0 Å². The van der Waals surface area contributed by atoms with Crippen molar-refractivity contribution in [1.82, 2.24) is 5.32 Å². The SMILES string of the molecule is CCNCc1cccc(NC(=O)C2(C)CC2)c1.Cl. The van der Waals surface area contributed by atoms with Crippen LogP contribution in [-0.4, -0.2) is 12.5 Å². The number of carbonyl (C=O) groups excluding carboxylic acids is 1. The fourth-order valence-corrected chi connectivity index (χ4v) is 1.72. The smallest absolute Gasteiger partial charge is 0.230 e. The Morgan fingerprint density at radius 2 is 2.11 bits per heavy atom. The highest BCUT2D eigenvalue weighted by Crippen LogP contribution is 2.45. The topological polar surface area (TPSA) is 41.1 Å². The van der Waals surface area contributed by atoms with Crippen LogP contribution in [0.15, 0.2) is 24.3 Å². The van der Waals surface area contributed by atoms with Gasteiger partial charge in [0.05, 0.1) is 0 Å². The Kier molecular flexibility index (Phi) is 5.17. The van der Waals surface area contributed by atoms with Crippen LogP contribution < -0.4 is 10.6 Å². The van der Waals surface area contributed by atoms with E-state index in [1.165, 1.54) is 5.56 Å². The monoisotopic (exact) mass is 268 g/mol. The number of hydrogen-bond donors (Lipinski definition) is 2. The van der Waals surface area contributed by atoms with E-state index in [1.54, 1.807) is 0 Å². The van der Waals surface area contributed by atoms with Gasteiger partial charge in [-0.2, -0.15) is 0 Å². The summed E-state index contributed by atoms with van der Waals surface area (Å²) in [6, 6.07) is 8.03. The molecule has 1 amide bonds. The Hall–Kier alpha value is -1.06. The Balaban J connectivity index is 0.00000162. The number of amides is 1. The van der Waals surface area contributed by atoms with Gasteiger partial charge in [0.25, 0.3) is 0 Å². The summed E-state index contributed by atoms with van der Waals surface area (Å²) in [5.41, 5.74) is 1.99. The predicted molar refractivity (Wildman–Crippen MR) is 77.0 cm³/mol. The van der Waals surface area contributed by atoms with Gasteiger partial charge in [-0.3, -0.25) is 4.79 Å². The fraction of sp³-hybridized carbons (Fsp3) is 0.500. The molecule has 1 aromatic carbocycles. The first-order chi connectivity index (χ1) is 8.14.